The van der Waals surface area contributed by atoms with Crippen LogP contribution in [0.2, 0.25) is 0 Å². The molecule has 0 unspecified atom stereocenters. The van der Waals surface area contributed by atoms with Crippen LogP contribution >= 0.6 is 0 Å². The SMILES string of the molecule is Cc1cccc(CN2CCN(C(=O)c3noc(C)c3Cn3nc([N+](=O)[O-])cc3C)CC2)c1. The molecule has 32 heavy (non-hydrogen) atoms. The van der Waals surface area contributed by atoms with Gasteiger partial charge in [0.05, 0.1) is 29.0 Å². The number of aromatic nitrogens is 3. The van der Waals surface area contributed by atoms with Crippen LogP contribution in [-0.2, 0) is 13.1 Å². The lowest BCUT2D eigenvalue weighted by atomic mass is 10.1. The molecule has 1 aromatic carbocycles. The lowest BCUT2D eigenvalue weighted by Gasteiger charge is -2.34. The molecule has 0 N–H and O–H groups in total. The van der Waals surface area contributed by atoms with E-state index in [1.807, 2.05) is 0 Å². The Balaban J connectivity index is 1.43. The van der Waals surface area contributed by atoms with Gasteiger partial charge in [-0.25, -0.2) is 0 Å². The lowest BCUT2D eigenvalue weighted by molar-refractivity contribution is -0.389. The molecule has 0 saturated carbocycles. The van der Waals surface area contributed by atoms with Gasteiger partial charge in [0.15, 0.2) is 5.69 Å². The van der Waals surface area contributed by atoms with Crippen LogP contribution in [0.25, 0.3) is 0 Å². The fraction of sp³-hybridized carbons (Fsp3) is 0.409. The summed E-state index contributed by atoms with van der Waals surface area (Å²) >= 11 is 0. The number of amides is 1. The fourth-order valence-corrected chi connectivity index (χ4v) is 3.96. The monoisotopic (exact) mass is 438 g/mol. The quantitative estimate of drug-likeness (QED) is 0.430. The zero-order chi connectivity index (χ0) is 22.8. The molecule has 10 heteroatoms. The van der Waals surface area contributed by atoms with E-state index >= 15 is 0 Å². The van der Waals surface area contributed by atoms with Gasteiger partial charge >= 0.3 is 5.82 Å². The van der Waals surface area contributed by atoms with Gasteiger partial charge in [-0.3, -0.25) is 9.69 Å². The van der Waals surface area contributed by atoms with Gasteiger partial charge in [-0.2, -0.15) is 4.68 Å². The number of hydrogen-bond donors (Lipinski definition) is 0. The van der Waals surface area contributed by atoms with E-state index in [4.69, 9.17) is 4.52 Å². The molecule has 168 valence electrons. The van der Waals surface area contributed by atoms with Crippen LogP contribution < -0.4 is 0 Å². The van der Waals surface area contributed by atoms with Crippen molar-refractivity contribution >= 4 is 11.7 Å². The Kier molecular flexibility index (Phi) is 6.04. The van der Waals surface area contributed by atoms with E-state index in [-0.39, 0.29) is 24.0 Å². The summed E-state index contributed by atoms with van der Waals surface area (Å²) in [6.45, 7) is 9.33. The Bertz CT molecular complexity index is 1140. The van der Waals surface area contributed by atoms with Crippen molar-refractivity contribution in [2.24, 2.45) is 0 Å². The van der Waals surface area contributed by atoms with E-state index in [2.05, 4.69) is 46.3 Å². The predicted octanol–water partition coefficient (Wildman–Crippen LogP) is 2.71. The molecule has 0 atom stereocenters. The molecule has 1 aliphatic heterocycles. The minimum absolute atomic E-state index is 0.184. The molecule has 1 fully saturated rings. The Hall–Kier alpha value is -3.53. The number of nitro groups is 1. The van der Waals surface area contributed by atoms with Gasteiger partial charge in [-0.05, 0) is 31.3 Å². The first kappa shape index (κ1) is 21.7. The summed E-state index contributed by atoms with van der Waals surface area (Å²) in [6, 6.07) is 9.85. The van der Waals surface area contributed by atoms with Crippen LogP contribution in [0.4, 0.5) is 5.82 Å². The summed E-state index contributed by atoms with van der Waals surface area (Å²) < 4.78 is 6.80. The number of piperazine rings is 1. The largest absolute Gasteiger partial charge is 0.390 e. The molecular weight excluding hydrogens is 412 g/mol. The second-order valence-electron chi connectivity index (χ2n) is 8.18. The fourth-order valence-electron chi connectivity index (χ4n) is 3.96. The Morgan fingerprint density at radius 3 is 2.53 bits per heavy atom. The third-order valence-electron chi connectivity index (χ3n) is 5.80. The molecule has 3 aromatic rings. The second-order valence-corrected chi connectivity index (χ2v) is 8.18. The van der Waals surface area contributed by atoms with E-state index < -0.39 is 4.92 Å². The first-order valence-corrected chi connectivity index (χ1v) is 10.5. The summed E-state index contributed by atoms with van der Waals surface area (Å²) in [6.07, 6.45) is 0. The summed E-state index contributed by atoms with van der Waals surface area (Å²) in [7, 11) is 0. The second kappa shape index (κ2) is 8.91. The topological polar surface area (TPSA) is 111 Å². The van der Waals surface area contributed by atoms with Crippen molar-refractivity contribution in [3.05, 3.63) is 74.3 Å². The smallest absolute Gasteiger partial charge is 0.361 e. The van der Waals surface area contributed by atoms with Crippen molar-refractivity contribution < 1.29 is 14.2 Å². The highest BCUT2D eigenvalue weighted by Crippen LogP contribution is 2.20. The molecule has 1 saturated heterocycles. The maximum Gasteiger partial charge on any atom is 0.390 e. The molecule has 1 aliphatic rings. The van der Waals surface area contributed by atoms with Crippen LogP contribution in [0.1, 0.15) is 38.6 Å². The van der Waals surface area contributed by atoms with Crippen LogP contribution in [0.15, 0.2) is 34.9 Å². The van der Waals surface area contributed by atoms with E-state index in [0.717, 1.165) is 19.6 Å². The van der Waals surface area contributed by atoms with Gasteiger partial charge in [0, 0.05) is 32.7 Å². The van der Waals surface area contributed by atoms with E-state index in [9.17, 15) is 14.9 Å². The van der Waals surface area contributed by atoms with Gasteiger partial charge in [0.1, 0.15) is 5.76 Å². The number of benzene rings is 1. The first-order valence-electron chi connectivity index (χ1n) is 10.5. The molecule has 0 aliphatic carbocycles. The van der Waals surface area contributed by atoms with E-state index in [1.165, 1.54) is 21.9 Å². The van der Waals surface area contributed by atoms with Gasteiger partial charge in [-0.1, -0.05) is 35.0 Å². The summed E-state index contributed by atoms with van der Waals surface area (Å²) in [4.78, 5) is 27.8. The third-order valence-corrected chi connectivity index (χ3v) is 5.80. The standard InChI is InChI=1S/C22H26N6O4/c1-15-5-4-6-18(11-15)13-25-7-9-26(10-8-25)22(29)21-19(17(3)32-24-21)14-27-16(2)12-20(23-27)28(30)31/h4-6,11-12H,7-10,13-14H2,1-3H3. The first-order chi connectivity index (χ1) is 15.3. The number of carbonyl (C=O) groups excluding carboxylic acids is 1. The number of carbonyl (C=O) groups is 1. The predicted molar refractivity (Wildman–Crippen MR) is 116 cm³/mol. The van der Waals surface area contributed by atoms with E-state index in [0.29, 0.717) is 30.1 Å². The number of hydrogen-bond acceptors (Lipinski definition) is 7. The van der Waals surface area contributed by atoms with Crippen LogP contribution in [0, 0.1) is 30.9 Å². The van der Waals surface area contributed by atoms with Crippen molar-refractivity contribution in [2.75, 3.05) is 26.2 Å². The maximum absolute atomic E-state index is 13.2. The molecule has 0 radical (unpaired) electrons. The highest BCUT2D eigenvalue weighted by atomic mass is 16.6. The summed E-state index contributed by atoms with van der Waals surface area (Å²) in [5.74, 6) is 0.0876. The average molecular weight is 438 g/mol. The molecule has 2 aromatic heterocycles. The van der Waals surface area contributed by atoms with Gasteiger partial charge in [-0.15, -0.1) is 0 Å². The number of aryl methyl sites for hydroxylation is 3. The average Bonchev–Trinajstić information content (AvgIpc) is 3.31. The van der Waals surface area contributed by atoms with Crippen molar-refractivity contribution in [1.29, 1.82) is 0 Å². The number of nitrogens with zero attached hydrogens (tertiary/aromatic N) is 6. The Morgan fingerprint density at radius 1 is 1.12 bits per heavy atom. The van der Waals surface area contributed by atoms with Crippen molar-refractivity contribution in [2.45, 2.75) is 33.9 Å². The Morgan fingerprint density at radius 2 is 1.88 bits per heavy atom. The summed E-state index contributed by atoms with van der Waals surface area (Å²) in [5.41, 5.74) is 3.97. The molecule has 1 amide bonds. The van der Waals surface area contributed by atoms with Crippen molar-refractivity contribution in [3.8, 4) is 0 Å². The van der Waals surface area contributed by atoms with Gasteiger partial charge in [0.25, 0.3) is 5.91 Å². The molecule has 0 bridgehead atoms. The van der Waals surface area contributed by atoms with Gasteiger partial charge in [0.2, 0.25) is 0 Å². The van der Waals surface area contributed by atoms with Crippen molar-refractivity contribution in [3.63, 3.8) is 0 Å². The number of rotatable bonds is 6. The van der Waals surface area contributed by atoms with E-state index in [1.54, 1.807) is 18.7 Å². The van der Waals surface area contributed by atoms with Crippen LogP contribution in [0.5, 0.6) is 0 Å². The van der Waals surface area contributed by atoms with Crippen LogP contribution in [-0.4, -0.2) is 61.7 Å². The highest BCUT2D eigenvalue weighted by molar-refractivity contribution is 5.94. The molecular formula is C22H26N6O4. The zero-order valence-corrected chi connectivity index (χ0v) is 18.4. The normalized spacial score (nSPS) is 14.7. The van der Waals surface area contributed by atoms with Gasteiger partial charge < -0.3 is 19.5 Å². The van der Waals surface area contributed by atoms with Crippen molar-refractivity contribution in [1.82, 2.24) is 24.7 Å². The maximum atomic E-state index is 13.2. The molecule has 0 spiro atoms. The minimum atomic E-state index is -0.535. The molecule has 3 heterocycles. The highest BCUT2D eigenvalue weighted by Gasteiger charge is 2.29. The Labute approximate surface area is 185 Å². The lowest BCUT2D eigenvalue weighted by Crippen LogP contribution is -2.48. The zero-order valence-electron chi connectivity index (χ0n) is 18.4. The molecule has 4 rings (SSSR count). The molecule has 10 nitrogen and oxygen atoms in total. The third kappa shape index (κ3) is 4.54. The minimum Gasteiger partial charge on any atom is -0.361 e. The summed E-state index contributed by atoms with van der Waals surface area (Å²) in [5, 5.41) is 19.0. The van der Waals surface area contributed by atoms with Crippen LogP contribution in [0.3, 0.4) is 0 Å².